The van der Waals surface area contributed by atoms with Crippen LogP contribution >= 0.6 is 0 Å². The molecule has 1 heterocycles. The largest absolute Gasteiger partial charge is 0.329 e. The van der Waals surface area contributed by atoms with Crippen LogP contribution in [-0.4, -0.2) is 30.6 Å². The lowest BCUT2D eigenvalue weighted by Gasteiger charge is -2.41. The predicted molar refractivity (Wildman–Crippen MR) is 83.2 cm³/mol. The third-order valence-electron chi connectivity index (χ3n) is 5.59. The van der Waals surface area contributed by atoms with Crippen LogP contribution in [0.1, 0.15) is 65.7 Å². The van der Waals surface area contributed by atoms with Gasteiger partial charge in [-0.05, 0) is 62.3 Å². The fraction of sp³-hybridized carbons (Fsp3) is 1.00. The molecule has 0 spiro atoms. The van der Waals surface area contributed by atoms with Gasteiger partial charge in [0.25, 0.3) is 0 Å². The summed E-state index contributed by atoms with van der Waals surface area (Å²) < 4.78 is 0. The normalized spacial score (nSPS) is 34.4. The molecule has 0 amide bonds. The fourth-order valence-corrected chi connectivity index (χ4v) is 4.11. The van der Waals surface area contributed by atoms with Gasteiger partial charge in [-0.2, -0.15) is 0 Å². The van der Waals surface area contributed by atoms with Crippen molar-refractivity contribution >= 4 is 0 Å². The summed E-state index contributed by atoms with van der Waals surface area (Å²) in [6.07, 6.45) is 9.85. The highest BCUT2D eigenvalue weighted by molar-refractivity contribution is 4.84. The van der Waals surface area contributed by atoms with E-state index < -0.39 is 0 Å². The van der Waals surface area contributed by atoms with Gasteiger partial charge in [0, 0.05) is 19.1 Å². The molecule has 0 bridgehead atoms. The van der Waals surface area contributed by atoms with E-state index in [1.807, 2.05) is 0 Å². The topological polar surface area (TPSA) is 29.3 Å². The highest BCUT2D eigenvalue weighted by Crippen LogP contribution is 2.40. The van der Waals surface area contributed by atoms with Gasteiger partial charge in [-0.15, -0.1) is 0 Å². The summed E-state index contributed by atoms with van der Waals surface area (Å²) >= 11 is 0. The van der Waals surface area contributed by atoms with Crippen LogP contribution in [0.4, 0.5) is 0 Å². The number of likely N-dealkylation sites (tertiary alicyclic amines) is 1. The molecule has 1 aliphatic carbocycles. The van der Waals surface area contributed by atoms with Crippen LogP contribution in [0.3, 0.4) is 0 Å². The molecule has 1 saturated carbocycles. The first-order valence-corrected chi connectivity index (χ1v) is 8.45. The molecule has 2 nitrogen and oxygen atoms in total. The van der Waals surface area contributed by atoms with E-state index in [0.29, 0.717) is 11.5 Å². The summed E-state index contributed by atoms with van der Waals surface area (Å²) in [6.45, 7) is 10.7. The molecule has 0 aromatic heterocycles. The van der Waals surface area contributed by atoms with E-state index in [9.17, 15) is 0 Å². The number of hydrogen-bond donors (Lipinski definition) is 1. The van der Waals surface area contributed by atoms with Gasteiger partial charge in [0.15, 0.2) is 0 Å². The zero-order chi connectivity index (χ0) is 13.9. The molecule has 0 aromatic rings. The predicted octanol–water partition coefficient (Wildman–Crippen LogP) is 3.65. The van der Waals surface area contributed by atoms with Crippen molar-refractivity contribution in [2.75, 3.05) is 19.6 Å². The van der Waals surface area contributed by atoms with Crippen molar-refractivity contribution < 1.29 is 0 Å². The SMILES string of the molecule is CC(C)(C)C1CCC(CN2CCCCC2CN)CC1. The van der Waals surface area contributed by atoms with Crippen molar-refractivity contribution in [1.82, 2.24) is 4.90 Å². The van der Waals surface area contributed by atoms with E-state index >= 15 is 0 Å². The molecule has 2 aliphatic rings. The molecule has 112 valence electrons. The van der Waals surface area contributed by atoms with Gasteiger partial charge < -0.3 is 5.73 Å². The minimum absolute atomic E-state index is 0.510. The lowest BCUT2D eigenvalue weighted by molar-refractivity contribution is 0.0898. The second-order valence-corrected chi connectivity index (χ2v) is 7.96. The van der Waals surface area contributed by atoms with Crippen molar-refractivity contribution in [2.24, 2.45) is 23.0 Å². The quantitative estimate of drug-likeness (QED) is 0.845. The Kier molecular flexibility index (Phi) is 5.30. The number of rotatable bonds is 3. The van der Waals surface area contributed by atoms with Gasteiger partial charge in [-0.3, -0.25) is 4.90 Å². The first-order chi connectivity index (χ1) is 9.00. The Morgan fingerprint density at radius 2 is 1.68 bits per heavy atom. The summed E-state index contributed by atoms with van der Waals surface area (Å²) in [5.41, 5.74) is 6.45. The zero-order valence-corrected chi connectivity index (χ0v) is 13.3. The molecule has 1 unspecified atom stereocenters. The number of nitrogens with zero attached hydrogens (tertiary/aromatic N) is 1. The lowest BCUT2D eigenvalue weighted by Crippen LogP contribution is -2.46. The maximum Gasteiger partial charge on any atom is 0.0218 e. The van der Waals surface area contributed by atoms with Crippen molar-refractivity contribution in [1.29, 1.82) is 0 Å². The lowest BCUT2D eigenvalue weighted by atomic mass is 9.69. The van der Waals surface area contributed by atoms with Crippen LogP contribution in [-0.2, 0) is 0 Å². The summed E-state index contributed by atoms with van der Waals surface area (Å²) in [5, 5.41) is 0. The van der Waals surface area contributed by atoms with E-state index in [2.05, 4.69) is 25.7 Å². The molecule has 0 aromatic carbocycles. The summed E-state index contributed by atoms with van der Waals surface area (Å²) in [7, 11) is 0. The van der Waals surface area contributed by atoms with Crippen LogP contribution in [0.2, 0.25) is 0 Å². The van der Waals surface area contributed by atoms with E-state index in [0.717, 1.165) is 18.4 Å². The molecule has 0 radical (unpaired) electrons. The minimum atomic E-state index is 0.510. The standard InChI is InChI=1S/C17H34N2/c1-17(2,3)15-9-7-14(8-10-15)13-19-11-5-4-6-16(19)12-18/h14-16H,4-13,18H2,1-3H3. The Morgan fingerprint density at radius 1 is 1.00 bits per heavy atom. The van der Waals surface area contributed by atoms with Crippen LogP contribution in [0.5, 0.6) is 0 Å². The van der Waals surface area contributed by atoms with Gasteiger partial charge in [0.05, 0.1) is 0 Å². The monoisotopic (exact) mass is 266 g/mol. The first-order valence-electron chi connectivity index (χ1n) is 8.45. The van der Waals surface area contributed by atoms with Crippen LogP contribution in [0, 0.1) is 17.3 Å². The molecule has 2 fully saturated rings. The Hall–Kier alpha value is -0.0800. The van der Waals surface area contributed by atoms with E-state index in [1.54, 1.807) is 0 Å². The Balaban J connectivity index is 1.78. The highest BCUT2D eigenvalue weighted by Gasteiger charge is 2.31. The van der Waals surface area contributed by atoms with Crippen molar-refractivity contribution in [3.63, 3.8) is 0 Å². The van der Waals surface area contributed by atoms with E-state index in [-0.39, 0.29) is 0 Å². The smallest absolute Gasteiger partial charge is 0.0218 e. The van der Waals surface area contributed by atoms with E-state index in [4.69, 9.17) is 5.73 Å². The molecular weight excluding hydrogens is 232 g/mol. The number of piperidine rings is 1. The van der Waals surface area contributed by atoms with Crippen molar-refractivity contribution in [3.8, 4) is 0 Å². The second-order valence-electron chi connectivity index (χ2n) is 7.96. The van der Waals surface area contributed by atoms with E-state index in [1.165, 1.54) is 58.0 Å². The molecule has 1 saturated heterocycles. The molecule has 2 N–H and O–H groups in total. The maximum absolute atomic E-state index is 5.94. The Bertz CT molecular complexity index is 261. The van der Waals surface area contributed by atoms with Crippen LogP contribution in [0.25, 0.3) is 0 Å². The summed E-state index contributed by atoms with van der Waals surface area (Å²) in [6, 6.07) is 0.675. The first kappa shape index (κ1) is 15.3. The average molecular weight is 266 g/mol. The maximum atomic E-state index is 5.94. The van der Waals surface area contributed by atoms with Gasteiger partial charge in [-0.25, -0.2) is 0 Å². The minimum Gasteiger partial charge on any atom is -0.329 e. The molecule has 2 rings (SSSR count). The third kappa shape index (κ3) is 4.19. The molecule has 19 heavy (non-hydrogen) atoms. The van der Waals surface area contributed by atoms with Crippen molar-refractivity contribution in [3.05, 3.63) is 0 Å². The van der Waals surface area contributed by atoms with Gasteiger partial charge in [0.1, 0.15) is 0 Å². The second kappa shape index (κ2) is 6.58. The average Bonchev–Trinajstić information content (AvgIpc) is 2.39. The third-order valence-corrected chi connectivity index (χ3v) is 5.59. The summed E-state index contributed by atoms with van der Waals surface area (Å²) in [5.74, 6) is 1.88. The van der Waals surface area contributed by atoms with Gasteiger partial charge in [0.2, 0.25) is 0 Å². The molecule has 1 aliphatic heterocycles. The van der Waals surface area contributed by atoms with Crippen molar-refractivity contribution in [2.45, 2.75) is 71.8 Å². The van der Waals surface area contributed by atoms with Gasteiger partial charge >= 0.3 is 0 Å². The Labute approximate surface area is 120 Å². The van der Waals surface area contributed by atoms with Gasteiger partial charge in [-0.1, -0.05) is 27.2 Å². The Morgan fingerprint density at radius 3 is 2.26 bits per heavy atom. The number of nitrogens with two attached hydrogens (primary N) is 1. The number of hydrogen-bond acceptors (Lipinski definition) is 2. The van der Waals surface area contributed by atoms with Crippen LogP contribution < -0.4 is 5.73 Å². The molecular formula is C17H34N2. The zero-order valence-electron chi connectivity index (χ0n) is 13.3. The van der Waals surface area contributed by atoms with Crippen LogP contribution in [0.15, 0.2) is 0 Å². The fourth-order valence-electron chi connectivity index (χ4n) is 4.11. The summed E-state index contributed by atoms with van der Waals surface area (Å²) in [4.78, 5) is 2.70. The molecule has 2 heteroatoms. The highest BCUT2D eigenvalue weighted by atomic mass is 15.2. The molecule has 1 atom stereocenters.